The quantitative estimate of drug-likeness (QED) is 0.430. The molecule has 0 fully saturated rings. The number of nitrogens with zero attached hydrogens (tertiary/aromatic N) is 1. The molecule has 1 heterocycles. The molecule has 0 bridgehead atoms. The van der Waals surface area contributed by atoms with Gasteiger partial charge in [-0.3, -0.25) is 0 Å². The molecule has 0 saturated carbocycles. The van der Waals surface area contributed by atoms with Gasteiger partial charge in [0.05, 0.1) is 20.8 Å². The number of nitrogens with two attached hydrogens (primary N) is 1. The highest BCUT2D eigenvalue weighted by molar-refractivity contribution is 7.19. The topological polar surface area (TPSA) is 89.1 Å². The zero-order chi connectivity index (χ0) is 19.2. The molecule has 6 nitrogen and oxygen atoms in total. The molecule has 1 unspecified atom stereocenters. The Kier molecular flexibility index (Phi) is 6.16. The number of aliphatic hydroxyl groups excluding tert-OH is 1. The highest BCUT2D eigenvalue weighted by Crippen LogP contribution is 2.29. The first-order chi connectivity index (χ1) is 13.1. The number of rotatable bonds is 7. The summed E-state index contributed by atoms with van der Waals surface area (Å²) in [7, 11) is 3.19. The lowest BCUT2D eigenvalue weighted by Gasteiger charge is -2.11. The third kappa shape index (κ3) is 4.69. The molecule has 0 spiro atoms. The Morgan fingerprint density at radius 2 is 1.93 bits per heavy atom. The molecule has 27 heavy (non-hydrogen) atoms. The highest BCUT2D eigenvalue weighted by atomic mass is 32.1. The Hall–Kier alpha value is -2.77. The van der Waals surface area contributed by atoms with Gasteiger partial charge in [0.15, 0.2) is 17.5 Å². The van der Waals surface area contributed by atoms with Crippen LogP contribution in [0.25, 0.3) is 10.1 Å². The van der Waals surface area contributed by atoms with Gasteiger partial charge < -0.3 is 25.6 Å². The van der Waals surface area contributed by atoms with Crippen molar-refractivity contribution in [3.63, 3.8) is 0 Å². The van der Waals surface area contributed by atoms with Crippen molar-refractivity contribution in [2.45, 2.75) is 12.6 Å². The second-order valence-corrected chi connectivity index (χ2v) is 7.09. The Bertz CT molecular complexity index is 906. The lowest BCUT2D eigenvalue weighted by Crippen LogP contribution is -2.34. The number of ether oxygens (including phenoxy) is 2. The van der Waals surface area contributed by atoms with Gasteiger partial charge in [0.1, 0.15) is 6.10 Å². The Morgan fingerprint density at radius 3 is 2.67 bits per heavy atom. The minimum atomic E-state index is -0.641. The Labute approximate surface area is 162 Å². The summed E-state index contributed by atoms with van der Waals surface area (Å²) < 4.78 is 11.7. The van der Waals surface area contributed by atoms with Crippen molar-refractivity contribution in [3.05, 3.63) is 59.0 Å². The number of aliphatic imine (C=N–C) groups is 1. The average molecular weight is 385 g/mol. The van der Waals surface area contributed by atoms with E-state index < -0.39 is 6.10 Å². The number of guanidine groups is 1. The molecule has 1 aromatic heterocycles. The van der Waals surface area contributed by atoms with E-state index in [1.54, 1.807) is 25.6 Å². The minimum Gasteiger partial charge on any atom is -0.493 e. The van der Waals surface area contributed by atoms with E-state index in [1.807, 2.05) is 48.5 Å². The number of methoxy groups -OCH3 is 2. The van der Waals surface area contributed by atoms with Crippen LogP contribution >= 0.6 is 11.3 Å². The number of hydrogen-bond acceptors (Lipinski definition) is 5. The van der Waals surface area contributed by atoms with E-state index in [4.69, 9.17) is 15.2 Å². The first-order valence-electron chi connectivity index (χ1n) is 8.52. The fraction of sp³-hybridized carbons (Fsp3) is 0.250. The molecule has 4 N–H and O–H groups in total. The van der Waals surface area contributed by atoms with Crippen molar-refractivity contribution in [3.8, 4) is 11.5 Å². The van der Waals surface area contributed by atoms with Crippen LogP contribution in [0.5, 0.6) is 11.5 Å². The predicted octanol–water partition coefficient (Wildman–Crippen LogP) is 3.06. The van der Waals surface area contributed by atoms with Crippen LogP contribution in [-0.2, 0) is 6.54 Å². The van der Waals surface area contributed by atoms with E-state index in [0.29, 0.717) is 24.6 Å². The number of fused-ring (bicyclic) bond motifs is 1. The monoisotopic (exact) mass is 385 g/mol. The molecular weight excluding hydrogens is 362 g/mol. The van der Waals surface area contributed by atoms with E-state index in [1.165, 1.54) is 0 Å². The summed E-state index contributed by atoms with van der Waals surface area (Å²) in [5.74, 6) is 1.60. The summed E-state index contributed by atoms with van der Waals surface area (Å²) >= 11 is 1.58. The first kappa shape index (κ1) is 19.0. The molecule has 3 rings (SSSR count). The summed E-state index contributed by atoms with van der Waals surface area (Å²) in [6.07, 6.45) is -0.641. The average Bonchev–Trinajstić information content (AvgIpc) is 3.14. The van der Waals surface area contributed by atoms with Crippen molar-refractivity contribution in [1.82, 2.24) is 5.32 Å². The maximum atomic E-state index is 10.4. The molecule has 0 aliphatic heterocycles. The molecule has 3 aromatic rings. The smallest absolute Gasteiger partial charge is 0.189 e. The number of nitrogens with one attached hydrogen (secondary N) is 1. The summed E-state index contributed by atoms with van der Waals surface area (Å²) in [4.78, 5) is 5.21. The second kappa shape index (κ2) is 8.75. The lowest BCUT2D eigenvalue weighted by molar-refractivity contribution is 0.185. The van der Waals surface area contributed by atoms with Gasteiger partial charge in [-0.15, -0.1) is 11.3 Å². The van der Waals surface area contributed by atoms with Gasteiger partial charge in [-0.05, 0) is 35.2 Å². The van der Waals surface area contributed by atoms with Gasteiger partial charge in [0.2, 0.25) is 0 Å². The summed E-state index contributed by atoms with van der Waals surface area (Å²) in [5, 5.41) is 14.5. The third-order valence-electron chi connectivity index (χ3n) is 4.13. The van der Waals surface area contributed by atoms with Gasteiger partial charge >= 0.3 is 0 Å². The van der Waals surface area contributed by atoms with Crippen LogP contribution in [0.2, 0.25) is 0 Å². The largest absolute Gasteiger partial charge is 0.493 e. The lowest BCUT2D eigenvalue weighted by atomic mass is 10.2. The second-order valence-electron chi connectivity index (χ2n) is 5.97. The minimum absolute atomic E-state index is 0.282. The molecule has 0 saturated heterocycles. The van der Waals surface area contributed by atoms with Gasteiger partial charge in [0.25, 0.3) is 0 Å². The van der Waals surface area contributed by atoms with E-state index in [9.17, 15) is 5.11 Å². The molecule has 0 aliphatic carbocycles. The van der Waals surface area contributed by atoms with Gasteiger partial charge in [-0.1, -0.05) is 24.3 Å². The van der Waals surface area contributed by atoms with Crippen molar-refractivity contribution in [1.29, 1.82) is 0 Å². The van der Waals surface area contributed by atoms with E-state index >= 15 is 0 Å². The maximum Gasteiger partial charge on any atom is 0.189 e. The van der Waals surface area contributed by atoms with Crippen molar-refractivity contribution in [2.75, 3.05) is 20.8 Å². The summed E-state index contributed by atoms with van der Waals surface area (Å²) in [5.41, 5.74) is 6.87. The van der Waals surface area contributed by atoms with E-state index in [0.717, 1.165) is 20.5 Å². The Balaban J connectivity index is 1.57. The Morgan fingerprint density at radius 1 is 1.15 bits per heavy atom. The van der Waals surface area contributed by atoms with Gasteiger partial charge in [-0.2, -0.15) is 0 Å². The van der Waals surface area contributed by atoms with Crippen LogP contribution in [0.1, 0.15) is 16.5 Å². The molecule has 0 aliphatic rings. The van der Waals surface area contributed by atoms with E-state index in [2.05, 4.69) is 10.3 Å². The highest BCUT2D eigenvalue weighted by Gasteiger charge is 2.11. The molecule has 142 valence electrons. The number of aliphatic hydroxyl groups is 1. The van der Waals surface area contributed by atoms with Crippen molar-refractivity contribution in [2.24, 2.45) is 10.7 Å². The van der Waals surface area contributed by atoms with Crippen molar-refractivity contribution >= 4 is 27.4 Å². The number of benzene rings is 2. The van der Waals surface area contributed by atoms with Crippen LogP contribution in [0, 0.1) is 0 Å². The standard InChI is InChI=1S/C20H23N3O3S/c1-25-16-8-7-13(9-17(16)26-2)11-22-20(21)23-12-15(24)19-10-14-5-3-4-6-18(14)27-19/h3-10,15,24H,11-12H2,1-2H3,(H3,21,22,23). The van der Waals surface area contributed by atoms with Crippen LogP contribution in [-0.4, -0.2) is 31.8 Å². The molecule has 0 amide bonds. The SMILES string of the molecule is COc1ccc(CN=C(N)NCC(O)c2cc3ccccc3s2)cc1OC. The molecule has 7 heteroatoms. The number of thiophene rings is 1. The fourth-order valence-corrected chi connectivity index (χ4v) is 3.73. The summed E-state index contributed by atoms with van der Waals surface area (Å²) in [6.45, 7) is 0.701. The van der Waals surface area contributed by atoms with Gasteiger partial charge in [0, 0.05) is 16.1 Å². The maximum absolute atomic E-state index is 10.4. The fourth-order valence-electron chi connectivity index (χ4n) is 2.68. The molecule has 2 aromatic carbocycles. The van der Waals surface area contributed by atoms with Crippen LogP contribution < -0.4 is 20.5 Å². The van der Waals surface area contributed by atoms with Crippen LogP contribution in [0.4, 0.5) is 0 Å². The van der Waals surface area contributed by atoms with Crippen molar-refractivity contribution < 1.29 is 14.6 Å². The molecule has 0 radical (unpaired) electrons. The number of hydrogen-bond donors (Lipinski definition) is 3. The zero-order valence-corrected chi connectivity index (χ0v) is 16.1. The third-order valence-corrected chi connectivity index (χ3v) is 5.35. The van der Waals surface area contributed by atoms with Crippen LogP contribution in [0.15, 0.2) is 53.5 Å². The van der Waals surface area contributed by atoms with Crippen LogP contribution in [0.3, 0.4) is 0 Å². The molecular formula is C20H23N3O3S. The first-order valence-corrected chi connectivity index (χ1v) is 9.33. The summed E-state index contributed by atoms with van der Waals surface area (Å²) in [6, 6.07) is 15.7. The predicted molar refractivity (Wildman–Crippen MR) is 110 cm³/mol. The normalized spacial score (nSPS) is 12.8. The van der Waals surface area contributed by atoms with Gasteiger partial charge in [-0.25, -0.2) is 4.99 Å². The zero-order valence-electron chi connectivity index (χ0n) is 15.3. The van der Waals surface area contributed by atoms with E-state index in [-0.39, 0.29) is 5.96 Å². The molecule has 1 atom stereocenters.